The van der Waals surface area contributed by atoms with Crippen LogP contribution in [-0.2, 0) is 15.5 Å². The van der Waals surface area contributed by atoms with Gasteiger partial charge in [-0.2, -0.15) is 8.78 Å². The van der Waals surface area contributed by atoms with E-state index in [1.165, 1.54) is 18.6 Å². The summed E-state index contributed by atoms with van der Waals surface area (Å²) in [6.45, 7) is 6.35. The van der Waals surface area contributed by atoms with Crippen molar-refractivity contribution in [2.75, 3.05) is 42.5 Å². The molecule has 1 saturated heterocycles. The quantitative estimate of drug-likeness (QED) is 0.116. The molecule has 3 aromatic carbocycles. The van der Waals surface area contributed by atoms with Gasteiger partial charge in [0.1, 0.15) is 11.9 Å². The van der Waals surface area contributed by atoms with Crippen molar-refractivity contribution in [1.29, 1.82) is 0 Å². The summed E-state index contributed by atoms with van der Waals surface area (Å²) in [7, 11) is 0. The van der Waals surface area contributed by atoms with Crippen LogP contribution in [0.4, 0.5) is 30.2 Å². The summed E-state index contributed by atoms with van der Waals surface area (Å²) in [6.07, 6.45) is 6.89. The van der Waals surface area contributed by atoms with Gasteiger partial charge in [-0.25, -0.2) is 4.39 Å². The number of piperidine rings is 1. The minimum atomic E-state index is -3.53. The number of allylic oxidation sites excluding steroid dienone is 1. The fraction of sp³-hybridized carbons (Fsp3) is 0.273. The number of halogens is 3. The molecule has 43 heavy (non-hydrogen) atoms. The Balaban J connectivity index is 1.46. The first-order chi connectivity index (χ1) is 20.7. The number of amides is 2. The zero-order chi connectivity index (χ0) is 30.8. The maximum Gasteiger partial charge on any atom is 0.294 e. The summed E-state index contributed by atoms with van der Waals surface area (Å²) in [5.74, 6) is -5.49. The average Bonchev–Trinajstić information content (AvgIpc) is 3.00. The Hall–Kier alpha value is -4.41. The second kappa shape index (κ2) is 14.7. The predicted octanol–water partition coefficient (Wildman–Crippen LogP) is 6.09. The topological polar surface area (TPSA) is 99.5 Å². The van der Waals surface area contributed by atoms with Gasteiger partial charge < -0.3 is 26.6 Å². The number of nitrogens with one attached hydrogen (secondary N) is 3. The first kappa shape index (κ1) is 31.5. The van der Waals surface area contributed by atoms with E-state index in [9.17, 15) is 22.8 Å². The first-order valence-corrected chi connectivity index (χ1v) is 14.2. The highest BCUT2D eigenvalue weighted by molar-refractivity contribution is 6.03. The van der Waals surface area contributed by atoms with E-state index in [1.807, 2.05) is 0 Å². The molecule has 0 bridgehead atoms. The largest absolute Gasteiger partial charge is 0.397 e. The lowest BCUT2D eigenvalue weighted by molar-refractivity contribution is -0.118. The lowest BCUT2D eigenvalue weighted by Gasteiger charge is -2.27. The molecule has 0 aliphatic carbocycles. The molecule has 7 nitrogen and oxygen atoms in total. The van der Waals surface area contributed by atoms with Gasteiger partial charge in [-0.3, -0.25) is 9.59 Å². The van der Waals surface area contributed by atoms with E-state index >= 15 is 0 Å². The van der Waals surface area contributed by atoms with Crippen LogP contribution in [0.3, 0.4) is 0 Å². The van der Waals surface area contributed by atoms with Gasteiger partial charge in [-0.1, -0.05) is 49.4 Å². The Kier molecular flexibility index (Phi) is 10.7. The third-order valence-electron chi connectivity index (χ3n) is 7.26. The van der Waals surface area contributed by atoms with Gasteiger partial charge in [0.2, 0.25) is 11.8 Å². The standard InChI is InChI=1S/C33H36F3N5O2/c1-2-33(35,36)26-16-15-25(22-27(26)34)39-32(43)31(38-18-21-41-19-6-3-7-20-41)24-13-10-23(11-14-24)12-17-30(42)40-29-9-5-4-8-28(29)37/h2,4-5,8-17,22,31,38H,1,3,6-7,18-21,37H2,(H,39,43)(H,40,42)/b17-12+. The molecule has 10 heteroatoms. The third-order valence-corrected chi connectivity index (χ3v) is 7.26. The van der Waals surface area contributed by atoms with Crippen LogP contribution in [-0.4, -0.2) is 42.9 Å². The third kappa shape index (κ3) is 8.79. The first-order valence-electron chi connectivity index (χ1n) is 14.2. The molecule has 0 aromatic heterocycles. The second-order valence-electron chi connectivity index (χ2n) is 10.4. The zero-order valence-electron chi connectivity index (χ0n) is 23.8. The van der Waals surface area contributed by atoms with Crippen LogP contribution in [0.5, 0.6) is 0 Å². The number of para-hydroxylation sites is 2. The number of hydrogen-bond donors (Lipinski definition) is 4. The van der Waals surface area contributed by atoms with E-state index in [0.29, 0.717) is 29.6 Å². The van der Waals surface area contributed by atoms with Crippen molar-refractivity contribution >= 4 is 35.0 Å². The molecule has 1 aliphatic rings. The smallest absolute Gasteiger partial charge is 0.294 e. The number of alkyl halides is 2. The number of carbonyl (C=O) groups excluding carboxylic acids is 2. The van der Waals surface area contributed by atoms with Gasteiger partial charge in [0, 0.05) is 24.9 Å². The number of rotatable bonds is 12. The normalized spacial score (nSPS) is 14.8. The molecular formula is C33H36F3N5O2. The molecule has 1 atom stereocenters. The summed E-state index contributed by atoms with van der Waals surface area (Å²) in [6, 6.07) is 16.3. The number of likely N-dealkylation sites (tertiary alicyclic amines) is 1. The Morgan fingerprint density at radius 2 is 1.72 bits per heavy atom. The van der Waals surface area contributed by atoms with E-state index < -0.39 is 29.3 Å². The monoisotopic (exact) mass is 591 g/mol. The van der Waals surface area contributed by atoms with E-state index in [2.05, 4.69) is 27.4 Å². The zero-order valence-corrected chi connectivity index (χ0v) is 23.8. The number of carbonyl (C=O) groups is 2. The maximum absolute atomic E-state index is 14.5. The molecule has 1 aliphatic heterocycles. The highest BCUT2D eigenvalue weighted by atomic mass is 19.3. The highest BCUT2D eigenvalue weighted by Crippen LogP contribution is 2.32. The molecule has 2 amide bonds. The Bertz CT molecular complexity index is 1450. The fourth-order valence-corrected chi connectivity index (χ4v) is 4.86. The van der Waals surface area contributed by atoms with Crippen LogP contribution in [0, 0.1) is 5.82 Å². The van der Waals surface area contributed by atoms with E-state index in [1.54, 1.807) is 54.6 Å². The van der Waals surface area contributed by atoms with Crippen molar-refractivity contribution in [2.24, 2.45) is 0 Å². The van der Waals surface area contributed by atoms with Crippen molar-refractivity contribution < 1.29 is 22.8 Å². The van der Waals surface area contributed by atoms with Crippen LogP contribution in [0.1, 0.15) is 42.0 Å². The predicted molar refractivity (Wildman–Crippen MR) is 165 cm³/mol. The molecule has 4 rings (SSSR count). The maximum atomic E-state index is 14.5. The second-order valence-corrected chi connectivity index (χ2v) is 10.4. The Labute approximate surface area is 249 Å². The van der Waals surface area contributed by atoms with Crippen LogP contribution >= 0.6 is 0 Å². The summed E-state index contributed by atoms with van der Waals surface area (Å²) in [4.78, 5) is 28.1. The van der Waals surface area contributed by atoms with Gasteiger partial charge in [-0.05, 0) is 79.5 Å². The number of nitrogens with two attached hydrogens (primary N) is 1. The van der Waals surface area contributed by atoms with Gasteiger partial charge in [0.05, 0.1) is 16.9 Å². The molecule has 0 radical (unpaired) electrons. The summed E-state index contributed by atoms with van der Waals surface area (Å²) < 4.78 is 42.4. The van der Waals surface area contributed by atoms with Crippen LogP contribution in [0.25, 0.3) is 6.08 Å². The van der Waals surface area contributed by atoms with Crippen molar-refractivity contribution in [1.82, 2.24) is 10.2 Å². The number of anilines is 3. The van der Waals surface area contributed by atoms with Gasteiger partial charge in [-0.15, -0.1) is 0 Å². The molecule has 0 spiro atoms. The van der Waals surface area contributed by atoms with Crippen molar-refractivity contribution in [3.05, 3.63) is 108 Å². The minimum Gasteiger partial charge on any atom is -0.397 e. The minimum absolute atomic E-state index is 0.0542. The van der Waals surface area contributed by atoms with E-state index in [0.717, 1.165) is 50.2 Å². The Morgan fingerprint density at radius 1 is 1.00 bits per heavy atom. The number of hydrogen-bond acceptors (Lipinski definition) is 5. The molecule has 1 fully saturated rings. The number of nitrogens with zero attached hydrogens (tertiary/aromatic N) is 1. The number of benzene rings is 3. The van der Waals surface area contributed by atoms with Crippen LogP contribution in [0.15, 0.2) is 85.5 Å². The van der Waals surface area contributed by atoms with Crippen molar-refractivity contribution in [2.45, 2.75) is 31.2 Å². The Morgan fingerprint density at radius 3 is 2.40 bits per heavy atom. The lowest BCUT2D eigenvalue weighted by atomic mass is 10.0. The fourth-order valence-electron chi connectivity index (χ4n) is 4.86. The molecule has 1 heterocycles. The lowest BCUT2D eigenvalue weighted by Crippen LogP contribution is -2.40. The van der Waals surface area contributed by atoms with Crippen LogP contribution < -0.4 is 21.7 Å². The van der Waals surface area contributed by atoms with Crippen molar-refractivity contribution in [3.8, 4) is 0 Å². The highest BCUT2D eigenvalue weighted by Gasteiger charge is 2.31. The van der Waals surface area contributed by atoms with Gasteiger partial charge in [0.25, 0.3) is 5.92 Å². The molecule has 3 aromatic rings. The molecule has 1 unspecified atom stereocenters. The molecular weight excluding hydrogens is 555 g/mol. The molecule has 5 N–H and O–H groups in total. The van der Waals surface area contributed by atoms with E-state index in [-0.39, 0.29) is 11.6 Å². The molecule has 0 saturated carbocycles. The van der Waals surface area contributed by atoms with Crippen molar-refractivity contribution in [3.63, 3.8) is 0 Å². The average molecular weight is 592 g/mol. The number of nitrogen functional groups attached to an aromatic ring is 1. The summed E-state index contributed by atoms with van der Waals surface area (Å²) >= 11 is 0. The SMILES string of the molecule is C=CC(F)(F)c1ccc(NC(=O)C(NCCN2CCCCC2)c2ccc(/C=C/C(=O)Nc3ccccc3N)cc2)cc1F. The summed E-state index contributed by atoms with van der Waals surface area (Å²) in [5, 5.41) is 8.66. The van der Waals surface area contributed by atoms with Gasteiger partial charge in [0.15, 0.2) is 0 Å². The van der Waals surface area contributed by atoms with E-state index in [4.69, 9.17) is 5.73 Å². The van der Waals surface area contributed by atoms with Crippen LogP contribution in [0.2, 0.25) is 0 Å². The summed E-state index contributed by atoms with van der Waals surface area (Å²) in [5.41, 5.74) is 7.46. The van der Waals surface area contributed by atoms with Gasteiger partial charge >= 0.3 is 0 Å². The molecule has 226 valence electrons.